The topological polar surface area (TPSA) is 36.4 Å². The average molecular weight is 487 g/mol. The van der Waals surface area contributed by atoms with Crippen molar-refractivity contribution in [3.8, 4) is 0 Å². The zero-order chi connectivity index (χ0) is 19.6. The van der Waals surface area contributed by atoms with E-state index < -0.39 is 0 Å². The average Bonchev–Trinajstić information content (AvgIpc) is 3.02. The molecule has 0 radical (unpaired) electrons. The van der Waals surface area contributed by atoms with Crippen LogP contribution in [-0.2, 0) is 0 Å². The molecule has 0 saturated heterocycles. The second-order valence-corrected chi connectivity index (χ2v) is 9.11. The number of halogens is 3. The Morgan fingerprint density at radius 1 is 1.15 bits per heavy atom. The van der Waals surface area contributed by atoms with Crippen molar-refractivity contribution in [1.82, 2.24) is 9.88 Å². The van der Waals surface area contributed by atoms with Crippen molar-refractivity contribution in [2.75, 3.05) is 32.1 Å². The molecule has 0 aliphatic heterocycles. The number of anilines is 1. The molecule has 1 heterocycles. The van der Waals surface area contributed by atoms with E-state index in [0.29, 0.717) is 27.3 Å². The monoisotopic (exact) mass is 485 g/mol. The maximum atomic E-state index is 13.3. The summed E-state index contributed by atoms with van der Waals surface area (Å²) in [5.74, 6) is -0.195. The maximum Gasteiger partial charge on any atom is 0.261 e. The molecule has 1 aromatic heterocycles. The summed E-state index contributed by atoms with van der Waals surface area (Å²) in [6.45, 7) is 1.41. The number of nitrogens with zero attached hydrogens (tertiary/aromatic N) is 3. The Balaban J connectivity index is 1.98. The van der Waals surface area contributed by atoms with E-state index >= 15 is 0 Å². The normalized spacial score (nSPS) is 11.3. The minimum Gasteiger partial charge on any atom is -0.309 e. The molecule has 0 unspecified atom stereocenters. The third-order valence-corrected chi connectivity index (χ3v) is 6.06. The van der Waals surface area contributed by atoms with Crippen LogP contribution in [0.2, 0.25) is 10.0 Å². The summed E-state index contributed by atoms with van der Waals surface area (Å²) in [7, 11) is 4.02. The molecule has 0 spiro atoms. The Morgan fingerprint density at radius 2 is 1.93 bits per heavy atom. The molecule has 0 saturated carbocycles. The van der Waals surface area contributed by atoms with E-state index in [1.165, 1.54) is 11.3 Å². The number of aromatic nitrogens is 1. The molecule has 4 nitrogen and oxygen atoms in total. The highest BCUT2D eigenvalue weighted by molar-refractivity contribution is 9.10. The Hall–Kier alpha value is -1.18. The van der Waals surface area contributed by atoms with Gasteiger partial charge in [0.25, 0.3) is 5.91 Å². The maximum absolute atomic E-state index is 13.3. The molecule has 0 aliphatic carbocycles. The van der Waals surface area contributed by atoms with Gasteiger partial charge in [-0.15, -0.1) is 0 Å². The van der Waals surface area contributed by atoms with Crippen LogP contribution in [0.3, 0.4) is 0 Å². The highest BCUT2D eigenvalue weighted by Gasteiger charge is 2.23. The van der Waals surface area contributed by atoms with Gasteiger partial charge in [0.1, 0.15) is 0 Å². The number of carbonyl (C=O) groups excluding carboxylic acids is 1. The number of fused-ring (bicyclic) bond motifs is 1. The molecule has 0 atom stereocenters. The molecular formula is C19H18BrCl2N3OS. The van der Waals surface area contributed by atoms with Crippen LogP contribution in [0, 0.1) is 0 Å². The second kappa shape index (κ2) is 8.88. The summed E-state index contributed by atoms with van der Waals surface area (Å²) in [6.07, 6.45) is 0.816. The zero-order valence-corrected chi connectivity index (χ0v) is 18.8. The van der Waals surface area contributed by atoms with Gasteiger partial charge in [-0.05, 0) is 63.5 Å². The van der Waals surface area contributed by atoms with E-state index in [2.05, 4.69) is 25.8 Å². The number of hydrogen-bond donors (Lipinski definition) is 0. The van der Waals surface area contributed by atoms with E-state index in [1.54, 1.807) is 23.1 Å². The third kappa shape index (κ3) is 5.00. The van der Waals surface area contributed by atoms with Crippen molar-refractivity contribution in [3.63, 3.8) is 0 Å². The largest absolute Gasteiger partial charge is 0.309 e. The van der Waals surface area contributed by atoms with Gasteiger partial charge in [-0.2, -0.15) is 0 Å². The zero-order valence-electron chi connectivity index (χ0n) is 14.9. The fourth-order valence-corrected chi connectivity index (χ4v) is 4.55. The summed E-state index contributed by atoms with van der Waals surface area (Å²) < 4.78 is 2.00. The molecule has 27 heavy (non-hydrogen) atoms. The molecule has 0 bridgehead atoms. The van der Waals surface area contributed by atoms with E-state index in [9.17, 15) is 4.79 Å². The minimum absolute atomic E-state index is 0.195. The number of rotatable bonds is 6. The first kappa shape index (κ1) is 20.6. The molecule has 3 aromatic rings. The van der Waals surface area contributed by atoms with E-state index in [1.807, 2.05) is 32.3 Å². The van der Waals surface area contributed by atoms with Gasteiger partial charge in [0.05, 0.1) is 20.8 Å². The fraction of sp³-hybridized carbons (Fsp3) is 0.263. The number of amides is 1. The van der Waals surface area contributed by atoms with E-state index in [0.717, 1.165) is 27.7 Å². The van der Waals surface area contributed by atoms with Crippen molar-refractivity contribution in [3.05, 3.63) is 56.5 Å². The molecule has 0 N–H and O–H groups in total. The lowest BCUT2D eigenvalue weighted by molar-refractivity contribution is 0.0986. The molecule has 142 valence electrons. The lowest BCUT2D eigenvalue weighted by atomic mass is 10.2. The van der Waals surface area contributed by atoms with Crippen LogP contribution in [0.5, 0.6) is 0 Å². The van der Waals surface area contributed by atoms with Crippen molar-refractivity contribution in [2.45, 2.75) is 6.42 Å². The summed E-state index contributed by atoms with van der Waals surface area (Å²) in [6, 6.07) is 10.8. The van der Waals surface area contributed by atoms with Crippen LogP contribution < -0.4 is 4.90 Å². The molecule has 8 heteroatoms. The van der Waals surface area contributed by atoms with E-state index in [-0.39, 0.29) is 5.91 Å². The number of thiazole rings is 1. The van der Waals surface area contributed by atoms with Gasteiger partial charge in [-0.3, -0.25) is 9.69 Å². The lowest BCUT2D eigenvalue weighted by Gasteiger charge is -2.21. The van der Waals surface area contributed by atoms with Gasteiger partial charge >= 0.3 is 0 Å². The van der Waals surface area contributed by atoms with E-state index in [4.69, 9.17) is 23.2 Å². The molecule has 3 rings (SSSR count). The SMILES string of the molecule is CN(C)CCCN(C(=O)c1cc(Cl)ccc1Cl)c1nc2ccc(Br)cc2s1. The molecule has 1 amide bonds. The van der Waals surface area contributed by atoms with Gasteiger partial charge in [-0.25, -0.2) is 4.98 Å². The Bertz CT molecular complexity index is 977. The summed E-state index contributed by atoms with van der Waals surface area (Å²) in [5, 5.41) is 1.51. The van der Waals surface area contributed by atoms with Crippen molar-refractivity contribution < 1.29 is 4.79 Å². The Morgan fingerprint density at radius 3 is 2.67 bits per heavy atom. The molecule has 0 aliphatic rings. The van der Waals surface area contributed by atoms with Crippen LogP contribution in [-0.4, -0.2) is 43.0 Å². The Kier molecular flexibility index (Phi) is 6.76. The first-order valence-electron chi connectivity index (χ1n) is 8.33. The van der Waals surface area contributed by atoms with Crippen molar-refractivity contribution in [1.29, 1.82) is 0 Å². The Labute approximate surface area is 180 Å². The fourth-order valence-electron chi connectivity index (χ4n) is 2.64. The van der Waals surface area contributed by atoms with Crippen molar-refractivity contribution >= 4 is 71.7 Å². The number of carbonyl (C=O) groups is 1. The number of hydrogen-bond acceptors (Lipinski definition) is 4. The quantitative estimate of drug-likeness (QED) is 0.431. The van der Waals surface area contributed by atoms with Gasteiger partial charge in [0, 0.05) is 16.0 Å². The van der Waals surface area contributed by atoms with Gasteiger partial charge in [-0.1, -0.05) is 50.5 Å². The summed E-state index contributed by atoms with van der Waals surface area (Å²) >= 11 is 17.3. The highest BCUT2D eigenvalue weighted by atomic mass is 79.9. The van der Waals surface area contributed by atoms with Crippen LogP contribution >= 0.6 is 50.5 Å². The first-order valence-corrected chi connectivity index (χ1v) is 10.7. The standard InChI is InChI=1S/C19H18BrCl2N3OS/c1-24(2)8-3-9-25(18(26)14-11-13(21)5-6-15(14)22)19-23-16-7-4-12(20)10-17(16)27-19/h4-7,10-11H,3,8-9H2,1-2H3. The third-order valence-electron chi connectivity index (χ3n) is 3.96. The predicted octanol–water partition coefficient (Wildman–Crippen LogP) is 5.96. The second-order valence-electron chi connectivity index (χ2n) is 6.35. The van der Waals surface area contributed by atoms with Crippen LogP contribution in [0.15, 0.2) is 40.9 Å². The van der Waals surface area contributed by atoms with Gasteiger partial charge < -0.3 is 4.90 Å². The smallest absolute Gasteiger partial charge is 0.261 e. The van der Waals surface area contributed by atoms with Crippen LogP contribution in [0.25, 0.3) is 10.2 Å². The summed E-state index contributed by atoms with van der Waals surface area (Å²) in [5.41, 5.74) is 1.25. The summed E-state index contributed by atoms with van der Waals surface area (Å²) in [4.78, 5) is 21.7. The van der Waals surface area contributed by atoms with Crippen molar-refractivity contribution in [2.24, 2.45) is 0 Å². The molecule has 2 aromatic carbocycles. The highest BCUT2D eigenvalue weighted by Crippen LogP contribution is 2.33. The van der Waals surface area contributed by atoms with Crippen LogP contribution in [0.1, 0.15) is 16.8 Å². The number of benzene rings is 2. The first-order chi connectivity index (χ1) is 12.8. The predicted molar refractivity (Wildman–Crippen MR) is 119 cm³/mol. The molecular weight excluding hydrogens is 469 g/mol. The minimum atomic E-state index is -0.195. The lowest BCUT2D eigenvalue weighted by Crippen LogP contribution is -2.33. The molecule has 0 fully saturated rings. The van der Waals surface area contributed by atoms with Gasteiger partial charge in [0.15, 0.2) is 5.13 Å². The van der Waals surface area contributed by atoms with Crippen LogP contribution in [0.4, 0.5) is 5.13 Å². The van der Waals surface area contributed by atoms with Gasteiger partial charge in [0.2, 0.25) is 0 Å².